The summed E-state index contributed by atoms with van der Waals surface area (Å²) in [6, 6.07) is 3.64. The minimum atomic E-state index is -0.153. The van der Waals surface area contributed by atoms with Crippen molar-refractivity contribution in [3.63, 3.8) is 0 Å². The number of nitrogens with two attached hydrogens (primary N) is 1. The molecule has 1 amide bonds. The van der Waals surface area contributed by atoms with Gasteiger partial charge in [0.25, 0.3) is 5.91 Å². The normalized spacial score (nSPS) is 13.7. The molecule has 18 heavy (non-hydrogen) atoms. The van der Waals surface area contributed by atoms with Crippen molar-refractivity contribution in [3.8, 4) is 17.0 Å². The van der Waals surface area contributed by atoms with Gasteiger partial charge in [0.15, 0.2) is 11.7 Å². The highest BCUT2D eigenvalue weighted by Crippen LogP contribution is 2.39. The van der Waals surface area contributed by atoms with E-state index in [1.54, 1.807) is 6.07 Å². The van der Waals surface area contributed by atoms with Gasteiger partial charge in [0.2, 0.25) is 0 Å². The van der Waals surface area contributed by atoms with Gasteiger partial charge in [0.05, 0.1) is 11.4 Å². The Labute approximate surface area is 115 Å². The molecule has 3 rings (SSSR count). The van der Waals surface area contributed by atoms with Crippen molar-refractivity contribution in [3.05, 3.63) is 22.0 Å². The number of hydrogen-bond acceptors (Lipinski definition) is 5. The fraction of sp³-hybridized carbons (Fsp3) is 0.0909. The fourth-order valence-corrected chi connectivity index (χ4v) is 2.82. The molecule has 0 saturated carbocycles. The number of carbonyl (C=O) groups excluding carboxylic acids is 1. The second kappa shape index (κ2) is 4.25. The molecule has 0 saturated heterocycles. The van der Waals surface area contributed by atoms with Crippen molar-refractivity contribution >= 4 is 44.0 Å². The number of amides is 1. The monoisotopic (exact) mass is 325 g/mol. The molecule has 1 aliphatic heterocycles. The summed E-state index contributed by atoms with van der Waals surface area (Å²) in [4.78, 5) is 15.4. The third-order valence-electron chi connectivity index (χ3n) is 2.50. The molecule has 3 N–H and O–H groups in total. The second-order valence-electron chi connectivity index (χ2n) is 3.74. The number of carbonyl (C=O) groups is 1. The maximum Gasteiger partial charge on any atom is 0.262 e. The fourth-order valence-electron chi connectivity index (χ4n) is 1.71. The molecule has 0 atom stereocenters. The molecule has 0 spiro atoms. The average Bonchev–Trinajstić information content (AvgIpc) is 2.74. The number of anilines is 2. The summed E-state index contributed by atoms with van der Waals surface area (Å²) in [6.45, 7) is 0.0350. The quantitative estimate of drug-likeness (QED) is 0.844. The molecule has 0 aliphatic carbocycles. The van der Waals surface area contributed by atoms with Gasteiger partial charge < -0.3 is 15.8 Å². The lowest BCUT2D eigenvalue weighted by Gasteiger charge is -2.19. The van der Waals surface area contributed by atoms with Crippen LogP contribution in [0, 0.1) is 0 Å². The molecule has 0 unspecified atom stereocenters. The lowest BCUT2D eigenvalue weighted by atomic mass is 10.1. The van der Waals surface area contributed by atoms with E-state index >= 15 is 0 Å². The first kappa shape index (κ1) is 11.5. The third-order valence-corrected chi connectivity index (χ3v) is 3.83. The zero-order chi connectivity index (χ0) is 12.7. The van der Waals surface area contributed by atoms with Crippen LogP contribution in [0.2, 0.25) is 0 Å². The Kier molecular flexibility index (Phi) is 2.71. The number of rotatable bonds is 1. The number of hydrogen-bond donors (Lipinski definition) is 2. The number of fused-ring (bicyclic) bond motifs is 1. The number of aromatic nitrogens is 1. The van der Waals surface area contributed by atoms with Crippen LogP contribution in [0.15, 0.2) is 22.0 Å². The average molecular weight is 326 g/mol. The summed E-state index contributed by atoms with van der Waals surface area (Å²) >= 11 is 4.84. The summed E-state index contributed by atoms with van der Waals surface area (Å²) in [5.74, 6) is 0.486. The first-order chi connectivity index (χ1) is 8.63. The summed E-state index contributed by atoms with van der Waals surface area (Å²) in [5.41, 5.74) is 7.96. The van der Waals surface area contributed by atoms with Crippen LogP contribution in [0.3, 0.4) is 0 Å². The number of nitrogens with one attached hydrogen (secondary N) is 1. The van der Waals surface area contributed by atoms with Crippen LogP contribution >= 0.6 is 27.3 Å². The van der Waals surface area contributed by atoms with Crippen LogP contribution in [0.4, 0.5) is 10.8 Å². The third kappa shape index (κ3) is 1.95. The summed E-state index contributed by atoms with van der Waals surface area (Å²) in [7, 11) is 0. The largest absolute Gasteiger partial charge is 0.482 e. The molecular weight excluding hydrogens is 318 g/mol. The molecule has 0 radical (unpaired) electrons. The van der Waals surface area contributed by atoms with Gasteiger partial charge in [0, 0.05) is 15.4 Å². The van der Waals surface area contributed by atoms with Gasteiger partial charge in [-0.2, -0.15) is 0 Å². The Morgan fingerprint density at radius 1 is 1.50 bits per heavy atom. The summed E-state index contributed by atoms with van der Waals surface area (Å²) in [5, 5.41) is 5.14. The first-order valence-electron chi connectivity index (χ1n) is 5.11. The van der Waals surface area contributed by atoms with Crippen molar-refractivity contribution in [2.24, 2.45) is 0 Å². The molecule has 0 bridgehead atoms. The lowest BCUT2D eigenvalue weighted by Crippen LogP contribution is -2.25. The van der Waals surface area contributed by atoms with E-state index in [0.29, 0.717) is 16.6 Å². The molecule has 7 heteroatoms. The molecular formula is C11H8BrN3O2S. The number of nitrogens with zero attached hydrogens (tertiary/aromatic N) is 1. The van der Waals surface area contributed by atoms with Gasteiger partial charge in [0.1, 0.15) is 5.75 Å². The zero-order valence-electron chi connectivity index (χ0n) is 9.07. The van der Waals surface area contributed by atoms with Crippen LogP contribution in [-0.2, 0) is 4.79 Å². The molecule has 2 heterocycles. The molecule has 5 nitrogen and oxygen atoms in total. The Morgan fingerprint density at radius 3 is 3.06 bits per heavy atom. The summed E-state index contributed by atoms with van der Waals surface area (Å²) < 4.78 is 6.20. The number of halogens is 1. The molecule has 0 fully saturated rings. The number of nitrogen functional groups attached to an aromatic ring is 1. The topological polar surface area (TPSA) is 77.2 Å². The molecule has 2 aromatic rings. The molecule has 1 aromatic carbocycles. The highest BCUT2D eigenvalue weighted by Gasteiger charge is 2.19. The van der Waals surface area contributed by atoms with E-state index in [4.69, 9.17) is 10.5 Å². The van der Waals surface area contributed by atoms with Crippen molar-refractivity contribution in [2.45, 2.75) is 0 Å². The number of ether oxygens (including phenoxy) is 1. The predicted molar refractivity (Wildman–Crippen MR) is 73.8 cm³/mol. The smallest absolute Gasteiger partial charge is 0.262 e. The SMILES string of the molecule is Nc1nc(-c2cc3c(cc2Br)NC(=O)CO3)cs1. The molecule has 92 valence electrons. The Bertz CT molecular complexity index is 641. The number of benzene rings is 1. The number of thiazole rings is 1. The Hall–Kier alpha value is -1.60. The minimum absolute atomic E-state index is 0.0350. The van der Waals surface area contributed by atoms with Crippen LogP contribution < -0.4 is 15.8 Å². The van der Waals surface area contributed by atoms with Gasteiger partial charge in [-0.1, -0.05) is 15.9 Å². The molecule has 1 aliphatic rings. The van der Waals surface area contributed by atoms with E-state index < -0.39 is 0 Å². The first-order valence-corrected chi connectivity index (χ1v) is 6.78. The highest BCUT2D eigenvalue weighted by molar-refractivity contribution is 9.10. The maximum atomic E-state index is 11.2. The van der Waals surface area contributed by atoms with Crippen LogP contribution in [0.1, 0.15) is 0 Å². The standard InChI is InChI=1S/C11H8BrN3O2S/c12-6-2-7-9(17-3-10(16)14-7)1-5(6)8-4-18-11(13)15-8/h1-2,4H,3H2,(H2,13,15)(H,14,16). The minimum Gasteiger partial charge on any atom is -0.482 e. The van der Waals surface area contributed by atoms with E-state index in [-0.39, 0.29) is 12.5 Å². The van der Waals surface area contributed by atoms with Crippen molar-refractivity contribution in [1.82, 2.24) is 4.98 Å². The van der Waals surface area contributed by atoms with E-state index in [2.05, 4.69) is 26.2 Å². The summed E-state index contributed by atoms with van der Waals surface area (Å²) in [6.07, 6.45) is 0. The van der Waals surface area contributed by atoms with Crippen LogP contribution in [0.25, 0.3) is 11.3 Å². The zero-order valence-corrected chi connectivity index (χ0v) is 11.5. The highest BCUT2D eigenvalue weighted by atomic mass is 79.9. The Morgan fingerprint density at radius 2 is 2.33 bits per heavy atom. The van der Waals surface area contributed by atoms with E-state index in [9.17, 15) is 4.79 Å². The van der Waals surface area contributed by atoms with E-state index in [1.165, 1.54) is 11.3 Å². The van der Waals surface area contributed by atoms with Gasteiger partial charge in [-0.3, -0.25) is 4.79 Å². The van der Waals surface area contributed by atoms with Crippen molar-refractivity contribution in [2.75, 3.05) is 17.7 Å². The van der Waals surface area contributed by atoms with Crippen molar-refractivity contribution < 1.29 is 9.53 Å². The predicted octanol–water partition coefficient (Wildman–Crippen LogP) is 2.49. The van der Waals surface area contributed by atoms with Crippen LogP contribution in [-0.4, -0.2) is 17.5 Å². The van der Waals surface area contributed by atoms with Gasteiger partial charge in [-0.15, -0.1) is 11.3 Å². The van der Waals surface area contributed by atoms with Crippen molar-refractivity contribution in [1.29, 1.82) is 0 Å². The van der Waals surface area contributed by atoms with Gasteiger partial charge in [-0.05, 0) is 12.1 Å². The molecule has 1 aromatic heterocycles. The van der Waals surface area contributed by atoms with Gasteiger partial charge in [-0.25, -0.2) is 4.98 Å². The Balaban J connectivity index is 2.09. The lowest BCUT2D eigenvalue weighted by molar-refractivity contribution is -0.118. The van der Waals surface area contributed by atoms with E-state index in [0.717, 1.165) is 15.7 Å². The maximum absolute atomic E-state index is 11.2. The van der Waals surface area contributed by atoms with Gasteiger partial charge >= 0.3 is 0 Å². The van der Waals surface area contributed by atoms with E-state index in [1.807, 2.05) is 11.4 Å². The second-order valence-corrected chi connectivity index (χ2v) is 5.48. The van der Waals surface area contributed by atoms with Crippen LogP contribution in [0.5, 0.6) is 5.75 Å².